The fourth-order valence-electron chi connectivity index (χ4n) is 1.40. The Kier molecular flexibility index (Phi) is 3.97. The third-order valence-electron chi connectivity index (χ3n) is 2.31. The van der Waals surface area contributed by atoms with Crippen molar-refractivity contribution in [2.24, 2.45) is 0 Å². The molecular weight excluding hydrogens is 306 g/mol. The molecule has 92 valence electrons. The van der Waals surface area contributed by atoms with Crippen LogP contribution in [0.5, 0.6) is 0 Å². The smallest absolute Gasteiger partial charge is 0.145 e. The van der Waals surface area contributed by atoms with Gasteiger partial charge >= 0.3 is 0 Å². The van der Waals surface area contributed by atoms with Gasteiger partial charge in [0, 0.05) is 18.1 Å². The molecule has 0 amide bonds. The number of allylic oxidation sites excluding steroid dienone is 1. The fraction of sp³-hybridized carbons (Fsp3) is 0. The molecule has 0 atom stereocenters. The molecule has 19 heavy (non-hydrogen) atoms. The molecule has 0 aliphatic rings. The number of nitriles is 2. The molecule has 0 saturated heterocycles. The second kappa shape index (κ2) is 5.85. The lowest BCUT2D eigenvalue weighted by molar-refractivity contribution is 0.880. The summed E-state index contributed by atoms with van der Waals surface area (Å²) in [5.74, 6) is 0. The van der Waals surface area contributed by atoms with Gasteiger partial charge in [0.2, 0.25) is 0 Å². The minimum absolute atomic E-state index is 0.0279. The third-order valence-corrected chi connectivity index (χ3v) is 2.72. The van der Waals surface area contributed by atoms with E-state index in [1.54, 1.807) is 23.0 Å². The standard InChI is InChI=1S/C13H8BrN5/c14-11-8-18-19(9-11)13-3-1-12(2-4-13)17-7-10(5-15)6-16/h1-4,7-9,17H. The zero-order valence-corrected chi connectivity index (χ0v) is 11.3. The van der Waals surface area contributed by atoms with Crippen LogP contribution < -0.4 is 5.32 Å². The molecule has 0 fully saturated rings. The molecule has 0 radical (unpaired) electrons. The minimum Gasteiger partial charge on any atom is -0.360 e. The van der Waals surface area contributed by atoms with Gasteiger partial charge in [-0.25, -0.2) is 4.68 Å². The lowest BCUT2D eigenvalue weighted by Crippen LogP contribution is -1.95. The van der Waals surface area contributed by atoms with Gasteiger partial charge < -0.3 is 5.32 Å². The Balaban J connectivity index is 2.14. The monoisotopic (exact) mass is 313 g/mol. The van der Waals surface area contributed by atoms with Gasteiger partial charge in [-0.2, -0.15) is 15.6 Å². The van der Waals surface area contributed by atoms with E-state index in [0.29, 0.717) is 0 Å². The zero-order valence-electron chi connectivity index (χ0n) is 9.71. The molecule has 2 aromatic rings. The number of rotatable bonds is 3. The number of nitrogens with one attached hydrogen (secondary N) is 1. The van der Waals surface area contributed by atoms with Crippen LogP contribution in [0.2, 0.25) is 0 Å². The third kappa shape index (κ3) is 3.21. The van der Waals surface area contributed by atoms with E-state index >= 15 is 0 Å². The van der Waals surface area contributed by atoms with Gasteiger partial charge in [0.05, 0.1) is 16.4 Å². The predicted octanol–water partition coefficient (Wildman–Crippen LogP) is 2.98. The molecule has 5 nitrogen and oxygen atoms in total. The van der Waals surface area contributed by atoms with E-state index in [1.165, 1.54) is 6.20 Å². The molecule has 1 aromatic heterocycles. The Bertz CT molecular complexity index is 669. The maximum Gasteiger partial charge on any atom is 0.145 e. The Hall–Kier alpha value is -2.57. The molecule has 1 heterocycles. The molecule has 0 aliphatic carbocycles. The molecular formula is C13H8BrN5. The predicted molar refractivity (Wildman–Crippen MR) is 74.2 cm³/mol. The Morgan fingerprint density at radius 2 is 1.95 bits per heavy atom. The lowest BCUT2D eigenvalue weighted by atomic mass is 10.2. The average Bonchev–Trinajstić information content (AvgIpc) is 2.87. The summed E-state index contributed by atoms with van der Waals surface area (Å²) in [4.78, 5) is 0. The van der Waals surface area contributed by atoms with Gasteiger partial charge in [-0.3, -0.25) is 0 Å². The molecule has 6 heteroatoms. The highest BCUT2D eigenvalue weighted by molar-refractivity contribution is 9.10. The fourth-order valence-corrected chi connectivity index (χ4v) is 1.68. The molecule has 0 spiro atoms. The summed E-state index contributed by atoms with van der Waals surface area (Å²) in [5, 5.41) is 24.3. The van der Waals surface area contributed by atoms with Gasteiger partial charge in [0.1, 0.15) is 17.7 Å². The van der Waals surface area contributed by atoms with E-state index in [4.69, 9.17) is 10.5 Å². The van der Waals surface area contributed by atoms with Crippen LogP contribution in [0.4, 0.5) is 5.69 Å². The Morgan fingerprint density at radius 3 is 2.47 bits per heavy atom. The molecule has 2 rings (SSSR count). The topological polar surface area (TPSA) is 77.4 Å². The first kappa shape index (κ1) is 12.9. The number of anilines is 1. The number of halogens is 1. The van der Waals surface area contributed by atoms with Crippen LogP contribution in [0.25, 0.3) is 5.69 Å². The molecule has 0 bridgehead atoms. The lowest BCUT2D eigenvalue weighted by Gasteiger charge is -2.03. The summed E-state index contributed by atoms with van der Waals surface area (Å²) in [5.41, 5.74) is 1.74. The summed E-state index contributed by atoms with van der Waals surface area (Å²) >= 11 is 3.34. The quantitative estimate of drug-likeness (QED) is 0.884. The van der Waals surface area contributed by atoms with E-state index in [2.05, 4.69) is 26.3 Å². The first-order valence-corrected chi connectivity index (χ1v) is 6.10. The van der Waals surface area contributed by atoms with Crippen LogP contribution in [0, 0.1) is 22.7 Å². The Morgan fingerprint density at radius 1 is 1.26 bits per heavy atom. The second-order valence-corrected chi connectivity index (χ2v) is 4.49. The number of hydrogen-bond acceptors (Lipinski definition) is 4. The van der Waals surface area contributed by atoms with Crippen LogP contribution in [-0.2, 0) is 0 Å². The van der Waals surface area contributed by atoms with Crippen molar-refractivity contribution in [2.75, 3.05) is 5.32 Å². The summed E-state index contributed by atoms with van der Waals surface area (Å²) in [6, 6.07) is 11.0. The highest BCUT2D eigenvalue weighted by atomic mass is 79.9. The average molecular weight is 314 g/mol. The summed E-state index contributed by atoms with van der Waals surface area (Å²) in [7, 11) is 0. The van der Waals surface area contributed by atoms with E-state index in [1.807, 2.05) is 30.5 Å². The van der Waals surface area contributed by atoms with Gasteiger partial charge in [0.25, 0.3) is 0 Å². The number of hydrogen-bond donors (Lipinski definition) is 1. The second-order valence-electron chi connectivity index (χ2n) is 3.58. The van der Waals surface area contributed by atoms with Crippen LogP contribution in [0.15, 0.2) is 52.9 Å². The van der Waals surface area contributed by atoms with Crippen LogP contribution in [0.3, 0.4) is 0 Å². The SMILES string of the molecule is N#CC(C#N)=CNc1ccc(-n2cc(Br)cn2)cc1. The summed E-state index contributed by atoms with van der Waals surface area (Å²) < 4.78 is 2.64. The maximum absolute atomic E-state index is 8.60. The van der Waals surface area contributed by atoms with Crippen LogP contribution >= 0.6 is 15.9 Å². The number of benzene rings is 1. The van der Waals surface area contributed by atoms with E-state index in [-0.39, 0.29) is 5.57 Å². The molecule has 1 N–H and O–H groups in total. The number of aromatic nitrogens is 2. The van der Waals surface area contributed by atoms with Gasteiger partial charge in [0.15, 0.2) is 0 Å². The minimum atomic E-state index is 0.0279. The van der Waals surface area contributed by atoms with Crippen molar-refractivity contribution in [3.05, 3.63) is 52.9 Å². The summed E-state index contributed by atoms with van der Waals surface area (Å²) in [6.07, 6.45) is 4.94. The van der Waals surface area contributed by atoms with Crippen molar-refractivity contribution in [1.82, 2.24) is 9.78 Å². The van der Waals surface area contributed by atoms with Crippen molar-refractivity contribution in [3.8, 4) is 17.8 Å². The molecule has 0 aliphatic heterocycles. The van der Waals surface area contributed by atoms with Crippen molar-refractivity contribution in [1.29, 1.82) is 10.5 Å². The van der Waals surface area contributed by atoms with E-state index < -0.39 is 0 Å². The molecule has 0 unspecified atom stereocenters. The van der Waals surface area contributed by atoms with Crippen molar-refractivity contribution in [2.45, 2.75) is 0 Å². The zero-order chi connectivity index (χ0) is 13.7. The maximum atomic E-state index is 8.60. The van der Waals surface area contributed by atoms with Gasteiger partial charge in [-0.1, -0.05) is 0 Å². The summed E-state index contributed by atoms with van der Waals surface area (Å²) in [6.45, 7) is 0. The highest BCUT2D eigenvalue weighted by Crippen LogP contribution is 2.15. The Labute approximate surface area is 118 Å². The molecule has 1 aromatic carbocycles. The first-order valence-electron chi connectivity index (χ1n) is 5.30. The van der Waals surface area contributed by atoms with E-state index in [9.17, 15) is 0 Å². The van der Waals surface area contributed by atoms with Crippen LogP contribution in [-0.4, -0.2) is 9.78 Å². The van der Waals surface area contributed by atoms with Crippen LogP contribution in [0.1, 0.15) is 0 Å². The first-order chi connectivity index (χ1) is 9.22. The highest BCUT2D eigenvalue weighted by Gasteiger charge is 1.99. The normalized spacial score (nSPS) is 9.21. The molecule has 0 saturated carbocycles. The van der Waals surface area contributed by atoms with E-state index in [0.717, 1.165) is 15.8 Å². The van der Waals surface area contributed by atoms with Crippen molar-refractivity contribution < 1.29 is 0 Å². The van der Waals surface area contributed by atoms with Gasteiger partial charge in [-0.15, -0.1) is 0 Å². The van der Waals surface area contributed by atoms with Crippen molar-refractivity contribution in [3.63, 3.8) is 0 Å². The number of nitrogens with zero attached hydrogens (tertiary/aromatic N) is 4. The van der Waals surface area contributed by atoms with Gasteiger partial charge in [-0.05, 0) is 40.2 Å². The largest absolute Gasteiger partial charge is 0.360 e. The van der Waals surface area contributed by atoms with Crippen molar-refractivity contribution >= 4 is 21.6 Å².